The first-order valence-electron chi connectivity index (χ1n) is 7.94. The van der Waals surface area contributed by atoms with Crippen LogP contribution in [0.1, 0.15) is 37.1 Å². The molecule has 1 atom stereocenters. The maximum absolute atomic E-state index is 4.49. The van der Waals surface area contributed by atoms with Gasteiger partial charge in [0.05, 0.1) is 6.04 Å². The number of rotatable bonds is 7. The zero-order valence-electron chi connectivity index (χ0n) is 13.3. The molecule has 118 valence electrons. The Morgan fingerprint density at radius 1 is 1.30 bits per heavy atom. The molecule has 0 aliphatic carbocycles. The van der Waals surface area contributed by atoms with Crippen LogP contribution >= 0.6 is 0 Å². The summed E-state index contributed by atoms with van der Waals surface area (Å²) in [7, 11) is 0. The van der Waals surface area contributed by atoms with Crippen LogP contribution in [-0.4, -0.2) is 19.6 Å². The molecule has 0 bridgehead atoms. The number of hydrogen-bond donors (Lipinski definition) is 1. The molecule has 3 aromatic rings. The van der Waals surface area contributed by atoms with E-state index in [2.05, 4.69) is 58.2 Å². The van der Waals surface area contributed by atoms with Crippen molar-refractivity contribution in [2.75, 3.05) is 5.32 Å². The quantitative estimate of drug-likeness (QED) is 0.674. The molecule has 2 aromatic heterocycles. The van der Waals surface area contributed by atoms with Crippen LogP contribution in [0.3, 0.4) is 0 Å². The molecule has 0 saturated carbocycles. The predicted molar refractivity (Wildman–Crippen MR) is 92.4 cm³/mol. The minimum absolute atomic E-state index is 0.189. The third-order valence-corrected chi connectivity index (χ3v) is 3.85. The van der Waals surface area contributed by atoms with Crippen LogP contribution in [0, 0.1) is 0 Å². The highest BCUT2D eigenvalue weighted by Gasteiger charge is 2.14. The lowest BCUT2D eigenvalue weighted by atomic mass is 10.0. The molecule has 23 heavy (non-hydrogen) atoms. The molecular weight excluding hydrogens is 286 g/mol. The normalized spacial score (nSPS) is 12.2. The molecule has 1 N–H and O–H groups in total. The summed E-state index contributed by atoms with van der Waals surface area (Å²) in [5, 5.41) is 7.89. The number of fused-ring (bicyclic) bond motifs is 1. The molecule has 0 fully saturated rings. The van der Waals surface area contributed by atoms with Gasteiger partial charge in [-0.25, -0.2) is 4.98 Å². The van der Waals surface area contributed by atoms with Gasteiger partial charge in [-0.3, -0.25) is 0 Å². The zero-order chi connectivity index (χ0) is 16.1. The molecule has 1 aromatic carbocycles. The lowest BCUT2D eigenvalue weighted by Crippen LogP contribution is -2.14. The van der Waals surface area contributed by atoms with Gasteiger partial charge in [-0.05, 0) is 24.8 Å². The number of allylic oxidation sites excluding steroid dienone is 1. The lowest BCUT2D eigenvalue weighted by molar-refractivity contribution is 0.694. The van der Waals surface area contributed by atoms with E-state index in [9.17, 15) is 0 Å². The number of nitrogens with zero attached hydrogens (tertiary/aromatic N) is 4. The molecule has 1 unspecified atom stereocenters. The standard InChI is InChI=1S/C18H21N5/c1-3-5-11-16(14-9-7-6-8-10-14)22-17-12-15(4-2)21-18-19-13-20-23(17)18/h3,6-10,12-13,16,22H,1,4-5,11H2,2H3. The molecule has 2 heterocycles. The first kappa shape index (κ1) is 15.2. The van der Waals surface area contributed by atoms with E-state index < -0.39 is 0 Å². The topological polar surface area (TPSA) is 55.1 Å². The third-order valence-electron chi connectivity index (χ3n) is 3.85. The predicted octanol–water partition coefficient (Wildman–Crippen LogP) is 3.81. The first-order valence-corrected chi connectivity index (χ1v) is 7.94. The molecule has 0 aliphatic rings. The molecule has 0 aliphatic heterocycles. The van der Waals surface area contributed by atoms with Crippen LogP contribution in [0.2, 0.25) is 0 Å². The Bertz CT molecular complexity index is 778. The van der Waals surface area contributed by atoms with E-state index in [1.807, 2.05) is 18.2 Å². The van der Waals surface area contributed by atoms with Crippen molar-refractivity contribution < 1.29 is 0 Å². The summed E-state index contributed by atoms with van der Waals surface area (Å²) >= 11 is 0. The Kier molecular flexibility index (Phi) is 4.66. The highest BCUT2D eigenvalue weighted by molar-refractivity contribution is 5.46. The average molecular weight is 307 g/mol. The molecular formula is C18H21N5. The Morgan fingerprint density at radius 3 is 2.87 bits per heavy atom. The van der Waals surface area contributed by atoms with Crippen molar-refractivity contribution in [3.05, 3.63) is 66.6 Å². The number of nitrogens with one attached hydrogen (secondary N) is 1. The second kappa shape index (κ2) is 7.05. The summed E-state index contributed by atoms with van der Waals surface area (Å²) in [4.78, 5) is 8.70. The minimum Gasteiger partial charge on any atom is -0.363 e. The minimum atomic E-state index is 0.189. The highest BCUT2D eigenvalue weighted by atomic mass is 15.4. The fourth-order valence-corrected chi connectivity index (χ4v) is 2.62. The molecule has 0 amide bonds. The van der Waals surface area contributed by atoms with Gasteiger partial charge in [0.1, 0.15) is 12.1 Å². The maximum Gasteiger partial charge on any atom is 0.254 e. The van der Waals surface area contributed by atoms with E-state index in [4.69, 9.17) is 0 Å². The zero-order valence-corrected chi connectivity index (χ0v) is 13.3. The van der Waals surface area contributed by atoms with E-state index >= 15 is 0 Å². The third kappa shape index (κ3) is 3.39. The van der Waals surface area contributed by atoms with Crippen LogP contribution in [0.25, 0.3) is 5.78 Å². The lowest BCUT2D eigenvalue weighted by Gasteiger charge is -2.20. The monoisotopic (exact) mass is 307 g/mol. The number of benzene rings is 1. The van der Waals surface area contributed by atoms with Gasteiger partial charge in [0.2, 0.25) is 0 Å². The van der Waals surface area contributed by atoms with Crippen LogP contribution in [-0.2, 0) is 6.42 Å². The molecule has 3 rings (SSSR count). The van der Waals surface area contributed by atoms with Gasteiger partial charge in [0, 0.05) is 11.8 Å². The fraction of sp³-hybridized carbons (Fsp3) is 0.278. The van der Waals surface area contributed by atoms with Crippen molar-refractivity contribution in [1.29, 1.82) is 0 Å². The van der Waals surface area contributed by atoms with E-state index in [0.717, 1.165) is 30.8 Å². The van der Waals surface area contributed by atoms with Gasteiger partial charge in [-0.2, -0.15) is 14.6 Å². The van der Waals surface area contributed by atoms with Crippen molar-refractivity contribution in [1.82, 2.24) is 19.6 Å². The van der Waals surface area contributed by atoms with Gasteiger partial charge in [0.15, 0.2) is 0 Å². The van der Waals surface area contributed by atoms with Gasteiger partial charge in [-0.1, -0.05) is 43.3 Å². The number of anilines is 1. The van der Waals surface area contributed by atoms with Crippen LogP contribution in [0.5, 0.6) is 0 Å². The van der Waals surface area contributed by atoms with Gasteiger partial charge in [-0.15, -0.1) is 6.58 Å². The van der Waals surface area contributed by atoms with Crippen LogP contribution in [0.15, 0.2) is 55.4 Å². The number of hydrogen-bond acceptors (Lipinski definition) is 4. The largest absolute Gasteiger partial charge is 0.363 e. The fourth-order valence-electron chi connectivity index (χ4n) is 2.62. The van der Waals surface area contributed by atoms with E-state index in [1.54, 1.807) is 4.52 Å². The Morgan fingerprint density at radius 2 is 2.13 bits per heavy atom. The number of aromatic nitrogens is 4. The molecule has 0 spiro atoms. The summed E-state index contributed by atoms with van der Waals surface area (Å²) in [5.41, 5.74) is 2.25. The van der Waals surface area contributed by atoms with Crippen LogP contribution in [0.4, 0.5) is 5.82 Å². The van der Waals surface area contributed by atoms with Crippen LogP contribution < -0.4 is 5.32 Å². The molecule has 5 heteroatoms. The SMILES string of the molecule is C=CCCC(Nc1cc(CC)nc2ncnn12)c1ccccc1. The summed E-state index contributed by atoms with van der Waals surface area (Å²) in [6, 6.07) is 12.7. The Hall–Kier alpha value is -2.69. The van der Waals surface area contributed by atoms with Crippen molar-refractivity contribution >= 4 is 11.6 Å². The summed E-state index contributed by atoms with van der Waals surface area (Å²) in [5.74, 6) is 1.55. The smallest absolute Gasteiger partial charge is 0.254 e. The summed E-state index contributed by atoms with van der Waals surface area (Å²) in [6.45, 7) is 5.93. The maximum atomic E-state index is 4.49. The second-order valence-electron chi connectivity index (χ2n) is 5.43. The van der Waals surface area contributed by atoms with Crippen molar-refractivity contribution in [3.63, 3.8) is 0 Å². The van der Waals surface area contributed by atoms with Crippen molar-refractivity contribution in [3.8, 4) is 0 Å². The second-order valence-corrected chi connectivity index (χ2v) is 5.43. The highest BCUT2D eigenvalue weighted by Crippen LogP contribution is 2.24. The Balaban J connectivity index is 1.96. The van der Waals surface area contributed by atoms with E-state index in [1.165, 1.54) is 11.9 Å². The first-order chi connectivity index (χ1) is 11.3. The van der Waals surface area contributed by atoms with Gasteiger partial charge < -0.3 is 5.32 Å². The van der Waals surface area contributed by atoms with Gasteiger partial charge >= 0.3 is 0 Å². The average Bonchev–Trinajstić information content (AvgIpc) is 3.07. The summed E-state index contributed by atoms with van der Waals surface area (Å²) < 4.78 is 1.75. The molecule has 0 radical (unpaired) electrons. The van der Waals surface area contributed by atoms with E-state index in [-0.39, 0.29) is 6.04 Å². The van der Waals surface area contributed by atoms with Crippen molar-refractivity contribution in [2.24, 2.45) is 0 Å². The summed E-state index contributed by atoms with van der Waals surface area (Å²) in [6.07, 6.45) is 6.26. The van der Waals surface area contributed by atoms with Gasteiger partial charge in [0.25, 0.3) is 5.78 Å². The molecule has 5 nitrogen and oxygen atoms in total. The van der Waals surface area contributed by atoms with Crippen molar-refractivity contribution in [2.45, 2.75) is 32.2 Å². The molecule has 0 saturated heterocycles. The number of aryl methyl sites for hydroxylation is 1. The Labute approximate surface area is 136 Å². The van der Waals surface area contributed by atoms with E-state index in [0.29, 0.717) is 5.78 Å².